The Morgan fingerprint density at radius 2 is 1.49 bits per heavy atom. The first kappa shape index (κ1) is 30.4. The van der Waals surface area contributed by atoms with Crippen molar-refractivity contribution >= 4 is 11.2 Å². The zero-order valence-electron chi connectivity index (χ0n) is 26.0. The van der Waals surface area contributed by atoms with E-state index in [4.69, 9.17) is 23.7 Å². The smallest absolute Gasteiger partial charge is 0.250 e. The van der Waals surface area contributed by atoms with Gasteiger partial charge in [0, 0.05) is 12.0 Å². The molecule has 0 amide bonds. The lowest BCUT2D eigenvalue weighted by Crippen LogP contribution is -2.38. The number of hydrogen-bond donors (Lipinski definition) is 1. The second-order valence-corrected chi connectivity index (χ2v) is 11.1. The summed E-state index contributed by atoms with van der Waals surface area (Å²) in [4.78, 5) is 13.3. The molecular formula is C37H34N4O6. The van der Waals surface area contributed by atoms with Gasteiger partial charge in [-0.2, -0.15) is 4.98 Å². The Morgan fingerprint density at radius 3 is 2.15 bits per heavy atom. The topological polar surface area (TPSA) is 110 Å². The van der Waals surface area contributed by atoms with Gasteiger partial charge in [-0.1, -0.05) is 91.0 Å². The molecular weight excluding hydrogens is 596 g/mol. The summed E-state index contributed by atoms with van der Waals surface area (Å²) < 4.78 is 32.9. The van der Waals surface area contributed by atoms with Crippen LogP contribution < -0.4 is 14.2 Å². The molecule has 3 heterocycles. The molecule has 3 atom stereocenters. The van der Waals surface area contributed by atoms with Crippen LogP contribution in [0, 0.1) is 0 Å². The van der Waals surface area contributed by atoms with Gasteiger partial charge in [-0.15, -0.1) is 0 Å². The number of imidazole rings is 1. The van der Waals surface area contributed by atoms with Gasteiger partial charge in [-0.3, -0.25) is 4.57 Å². The summed E-state index contributed by atoms with van der Waals surface area (Å²) in [5.41, 5.74) is 2.40. The second-order valence-electron chi connectivity index (χ2n) is 11.1. The molecule has 1 saturated heterocycles. The average molecular weight is 631 g/mol. The van der Waals surface area contributed by atoms with Crippen LogP contribution in [0.4, 0.5) is 0 Å². The van der Waals surface area contributed by atoms with Gasteiger partial charge in [0.05, 0.1) is 33.3 Å². The Bertz CT molecular complexity index is 1900. The average Bonchev–Trinajstić information content (AvgIpc) is 3.73. The number of benzene rings is 4. The van der Waals surface area contributed by atoms with Gasteiger partial charge in [-0.05, 0) is 29.3 Å². The van der Waals surface area contributed by atoms with Crippen molar-refractivity contribution in [3.8, 4) is 23.1 Å². The van der Waals surface area contributed by atoms with E-state index in [1.54, 1.807) is 25.1 Å². The number of aliphatic hydroxyl groups is 1. The number of fused-ring (bicyclic) bond motifs is 1. The second kappa shape index (κ2) is 13.2. The zero-order valence-corrected chi connectivity index (χ0v) is 26.0. The molecule has 1 N–H and O–H groups in total. The third-order valence-corrected chi connectivity index (χ3v) is 8.40. The van der Waals surface area contributed by atoms with E-state index in [0.29, 0.717) is 40.7 Å². The van der Waals surface area contributed by atoms with Crippen molar-refractivity contribution in [3.05, 3.63) is 139 Å². The maximum absolute atomic E-state index is 11.3. The summed E-state index contributed by atoms with van der Waals surface area (Å²) in [6, 6.07) is 35.0. The van der Waals surface area contributed by atoms with Crippen molar-refractivity contribution in [2.45, 2.75) is 30.5 Å². The lowest BCUT2D eigenvalue weighted by Gasteiger charge is -2.38. The predicted molar refractivity (Wildman–Crippen MR) is 175 cm³/mol. The van der Waals surface area contributed by atoms with Crippen molar-refractivity contribution in [2.24, 2.45) is 0 Å². The molecule has 6 aromatic rings. The summed E-state index contributed by atoms with van der Waals surface area (Å²) in [6.07, 6.45) is 1.35. The molecule has 10 heteroatoms. The first-order valence-corrected chi connectivity index (χ1v) is 15.3. The number of nitrogens with zero attached hydrogens (tertiary/aromatic N) is 4. The highest BCUT2D eigenvalue weighted by Crippen LogP contribution is 2.48. The minimum atomic E-state index is -1.14. The van der Waals surface area contributed by atoms with E-state index < -0.39 is 24.0 Å². The summed E-state index contributed by atoms with van der Waals surface area (Å²) in [7, 11) is 3.23. The fourth-order valence-electron chi connectivity index (χ4n) is 6.19. The molecule has 2 aromatic heterocycles. The number of aromatic nitrogens is 4. The van der Waals surface area contributed by atoms with Crippen LogP contribution in [-0.4, -0.2) is 57.7 Å². The number of ether oxygens (including phenoxy) is 5. The number of rotatable bonds is 11. The van der Waals surface area contributed by atoms with E-state index >= 15 is 0 Å². The maximum Gasteiger partial charge on any atom is 0.250 e. The van der Waals surface area contributed by atoms with Crippen molar-refractivity contribution in [1.29, 1.82) is 0 Å². The highest BCUT2D eigenvalue weighted by Gasteiger charge is 2.44. The molecule has 0 spiro atoms. The minimum absolute atomic E-state index is 0.0613. The van der Waals surface area contributed by atoms with Crippen molar-refractivity contribution in [3.63, 3.8) is 0 Å². The fourth-order valence-corrected chi connectivity index (χ4v) is 6.19. The number of aliphatic hydroxyl groups excluding tert-OH is 1. The van der Waals surface area contributed by atoms with E-state index in [-0.39, 0.29) is 6.61 Å². The lowest BCUT2D eigenvalue weighted by atomic mass is 9.79. The normalized spacial score (nSPS) is 17.9. The van der Waals surface area contributed by atoms with E-state index in [1.165, 1.54) is 6.33 Å². The molecule has 10 nitrogen and oxygen atoms in total. The van der Waals surface area contributed by atoms with E-state index in [1.807, 2.05) is 109 Å². The molecule has 0 unspecified atom stereocenters. The largest absolute Gasteiger partial charge is 0.493 e. The molecule has 238 valence electrons. The van der Waals surface area contributed by atoms with Gasteiger partial charge in [0.25, 0.3) is 5.88 Å². The summed E-state index contributed by atoms with van der Waals surface area (Å²) in [5, 5.41) is 11.3. The third kappa shape index (κ3) is 5.67. The van der Waals surface area contributed by atoms with Crippen molar-refractivity contribution < 1.29 is 28.8 Å². The molecule has 0 aliphatic carbocycles. The van der Waals surface area contributed by atoms with Crippen LogP contribution >= 0.6 is 0 Å². The fraction of sp³-hybridized carbons (Fsp3) is 0.216. The monoisotopic (exact) mass is 630 g/mol. The maximum atomic E-state index is 11.3. The Balaban J connectivity index is 1.22. The van der Waals surface area contributed by atoms with Gasteiger partial charge in [0.2, 0.25) is 0 Å². The third-order valence-electron chi connectivity index (χ3n) is 8.40. The lowest BCUT2D eigenvalue weighted by molar-refractivity contribution is -0.0935. The quantitative estimate of drug-likeness (QED) is 0.165. The standard InChI is InChI=1S/C37H34N4O6/c1-43-30-20-12-19-28(34(30)44-2)37(25-13-6-3-7-14-25,26-15-8-4-9-16-26)45-22-31-29(42)21-32(47-31)41-24-40-33-35(41)38-23-39-36(33)46-27-17-10-5-11-18-27/h3-20,23-24,29,31-32,42H,21-22H2,1-2H3/t29-,31+,32+/m0/s1. The molecule has 0 bridgehead atoms. The number of para-hydroxylation sites is 2. The molecule has 7 rings (SSSR count). The highest BCUT2D eigenvalue weighted by molar-refractivity contribution is 5.76. The van der Waals surface area contributed by atoms with Gasteiger partial charge >= 0.3 is 0 Å². The Hall–Kier alpha value is -5.29. The molecule has 1 aliphatic heterocycles. The van der Waals surface area contributed by atoms with Crippen LogP contribution in [0.2, 0.25) is 0 Å². The van der Waals surface area contributed by atoms with Gasteiger partial charge in [-0.25, -0.2) is 9.97 Å². The molecule has 0 saturated carbocycles. The Kier molecular flexibility index (Phi) is 8.54. The number of hydrogen-bond acceptors (Lipinski definition) is 9. The number of methoxy groups -OCH3 is 2. The highest BCUT2D eigenvalue weighted by atomic mass is 16.6. The predicted octanol–water partition coefficient (Wildman–Crippen LogP) is 6.29. The summed E-state index contributed by atoms with van der Waals surface area (Å²) >= 11 is 0. The summed E-state index contributed by atoms with van der Waals surface area (Å²) in [6.45, 7) is 0.0613. The van der Waals surface area contributed by atoms with E-state index in [2.05, 4.69) is 15.0 Å². The zero-order chi connectivity index (χ0) is 32.2. The van der Waals surface area contributed by atoms with E-state index in [0.717, 1.165) is 16.7 Å². The Labute approximate surface area is 272 Å². The minimum Gasteiger partial charge on any atom is -0.493 e. The van der Waals surface area contributed by atoms with Crippen LogP contribution in [0.25, 0.3) is 11.2 Å². The van der Waals surface area contributed by atoms with Crippen LogP contribution in [-0.2, 0) is 15.1 Å². The molecule has 47 heavy (non-hydrogen) atoms. The van der Waals surface area contributed by atoms with Gasteiger partial charge in [0.1, 0.15) is 30.0 Å². The van der Waals surface area contributed by atoms with Crippen molar-refractivity contribution in [1.82, 2.24) is 19.5 Å². The molecule has 0 radical (unpaired) electrons. The van der Waals surface area contributed by atoms with Crippen LogP contribution in [0.1, 0.15) is 29.3 Å². The van der Waals surface area contributed by atoms with Gasteiger partial charge < -0.3 is 28.8 Å². The van der Waals surface area contributed by atoms with Crippen LogP contribution in [0.3, 0.4) is 0 Å². The van der Waals surface area contributed by atoms with E-state index in [9.17, 15) is 5.11 Å². The Morgan fingerprint density at radius 1 is 0.809 bits per heavy atom. The first-order chi connectivity index (χ1) is 23.1. The summed E-state index contributed by atoms with van der Waals surface area (Å²) in [5.74, 6) is 2.10. The van der Waals surface area contributed by atoms with Gasteiger partial charge in [0.15, 0.2) is 22.7 Å². The molecule has 4 aromatic carbocycles. The first-order valence-electron chi connectivity index (χ1n) is 15.3. The molecule has 1 aliphatic rings. The SMILES string of the molecule is COc1cccc(C(OC[C@H]2O[C@@H](n3cnc4c(Oc5ccccc5)ncnc43)C[C@@H]2O)(c2ccccc2)c2ccccc2)c1OC. The van der Waals surface area contributed by atoms with Crippen LogP contribution in [0.5, 0.6) is 23.1 Å². The van der Waals surface area contributed by atoms with Crippen molar-refractivity contribution in [2.75, 3.05) is 20.8 Å². The molecule has 1 fully saturated rings. The van der Waals surface area contributed by atoms with Crippen LogP contribution in [0.15, 0.2) is 122 Å².